The molecule has 0 spiro atoms. The Labute approximate surface area is 170 Å². The molecule has 0 aromatic heterocycles. The Morgan fingerprint density at radius 2 is 1.66 bits per heavy atom. The standard InChI is InChI=1S/C21H24N2O5S/c1-27-20-14-21(28-2)18(23-11-3-4-12-23)13-16(20)7-10-19(24)15-5-8-17(9-6-15)29(22,25)26/h5-10,13-14H,3-4,11-12H2,1-2H3,(H2,22,25,26). The molecule has 1 aliphatic heterocycles. The van der Waals surface area contributed by atoms with Gasteiger partial charge < -0.3 is 14.4 Å². The predicted octanol–water partition coefficient (Wildman–Crippen LogP) is 2.85. The Morgan fingerprint density at radius 1 is 1.03 bits per heavy atom. The highest BCUT2D eigenvalue weighted by atomic mass is 32.2. The number of nitrogens with two attached hydrogens (primary N) is 1. The molecule has 0 unspecified atom stereocenters. The van der Waals surface area contributed by atoms with Crippen LogP contribution >= 0.6 is 0 Å². The minimum atomic E-state index is -3.79. The molecule has 2 N–H and O–H groups in total. The number of primary sulfonamides is 1. The second kappa shape index (κ2) is 8.67. The van der Waals surface area contributed by atoms with Gasteiger partial charge in [-0.25, -0.2) is 13.6 Å². The molecule has 0 atom stereocenters. The molecule has 0 aliphatic carbocycles. The number of sulfonamides is 1. The van der Waals surface area contributed by atoms with E-state index < -0.39 is 10.0 Å². The molecule has 0 saturated carbocycles. The molecule has 8 heteroatoms. The van der Waals surface area contributed by atoms with Gasteiger partial charge in [0.25, 0.3) is 0 Å². The summed E-state index contributed by atoms with van der Waals surface area (Å²) in [5.74, 6) is 1.07. The van der Waals surface area contributed by atoms with Gasteiger partial charge in [0.05, 0.1) is 24.8 Å². The third kappa shape index (κ3) is 4.78. The van der Waals surface area contributed by atoms with Crippen LogP contribution in [-0.4, -0.2) is 41.5 Å². The lowest BCUT2D eigenvalue weighted by Gasteiger charge is -2.22. The first kappa shape index (κ1) is 20.9. The zero-order chi connectivity index (χ0) is 21.0. The van der Waals surface area contributed by atoms with Crippen LogP contribution in [0.1, 0.15) is 28.8 Å². The van der Waals surface area contributed by atoms with Crippen molar-refractivity contribution in [2.45, 2.75) is 17.7 Å². The summed E-state index contributed by atoms with van der Waals surface area (Å²) in [5.41, 5.74) is 2.08. The molecular formula is C21H24N2O5S. The Bertz CT molecular complexity index is 1020. The van der Waals surface area contributed by atoms with Crippen LogP contribution in [0.3, 0.4) is 0 Å². The van der Waals surface area contributed by atoms with Crippen LogP contribution in [-0.2, 0) is 10.0 Å². The van der Waals surface area contributed by atoms with E-state index in [1.54, 1.807) is 20.3 Å². The lowest BCUT2D eigenvalue weighted by atomic mass is 10.1. The van der Waals surface area contributed by atoms with Crippen LogP contribution in [0.15, 0.2) is 47.4 Å². The third-order valence-corrected chi connectivity index (χ3v) is 5.79. The second-order valence-corrected chi connectivity index (χ2v) is 8.29. The number of ether oxygens (including phenoxy) is 2. The lowest BCUT2D eigenvalue weighted by molar-refractivity contribution is 0.104. The Morgan fingerprint density at radius 3 is 2.21 bits per heavy atom. The Hall–Kier alpha value is -2.84. The molecule has 1 heterocycles. The summed E-state index contributed by atoms with van der Waals surface area (Å²) >= 11 is 0. The topological polar surface area (TPSA) is 98.9 Å². The van der Waals surface area contributed by atoms with E-state index in [9.17, 15) is 13.2 Å². The van der Waals surface area contributed by atoms with E-state index in [1.165, 1.54) is 30.3 Å². The minimum Gasteiger partial charge on any atom is -0.496 e. The fourth-order valence-corrected chi connectivity index (χ4v) is 3.83. The summed E-state index contributed by atoms with van der Waals surface area (Å²) in [7, 11) is -0.603. The summed E-state index contributed by atoms with van der Waals surface area (Å²) in [6, 6.07) is 9.28. The first-order chi connectivity index (χ1) is 13.8. The molecule has 0 amide bonds. The fourth-order valence-electron chi connectivity index (χ4n) is 3.31. The zero-order valence-electron chi connectivity index (χ0n) is 16.4. The van der Waals surface area contributed by atoms with Crippen molar-refractivity contribution in [1.29, 1.82) is 0 Å². The Kier molecular flexibility index (Phi) is 6.24. The van der Waals surface area contributed by atoms with Gasteiger partial charge in [-0.05, 0) is 55.3 Å². The number of ketones is 1. The first-order valence-electron chi connectivity index (χ1n) is 9.19. The van der Waals surface area contributed by atoms with E-state index in [-0.39, 0.29) is 10.7 Å². The molecule has 1 aliphatic rings. The number of carbonyl (C=O) groups excluding carboxylic acids is 1. The maximum absolute atomic E-state index is 12.5. The number of nitrogens with zero attached hydrogens (tertiary/aromatic N) is 1. The average molecular weight is 416 g/mol. The smallest absolute Gasteiger partial charge is 0.238 e. The molecule has 1 fully saturated rings. The molecule has 3 rings (SSSR count). The lowest BCUT2D eigenvalue weighted by Crippen LogP contribution is -2.18. The number of methoxy groups -OCH3 is 2. The number of anilines is 1. The van der Waals surface area contributed by atoms with E-state index in [1.807, 2.05) is 12.1 Å². The van der Waals surface area contributed by atoms with Crippen LogP contribution in [0, 0.1) is 0 Å². The highest BCUT2D eigenvalue weighted by molar-refractivity contribution is 7.89. The van der Waals surface area contributed by atoms with Gasteiger partial charge in [0.2, 0.25) is 10.0 Å². The molecular weight excluding hydrogens is 392 g/mol. The molecule has 7 nitrogen and oxygen atoms in total. The first-order valence-corrected chi connectivity index (χ1v) is 10.7. The predicted molar refractivity (Wildman–Crippen MR) is 112 cm³/mol. The highest BCUT2D eigenvalue weighted by Crippen LogP contribution is 2.37. The van der Waals surface area contributed by atoms with E-state index in [0.29, 0.717) is 11.3 Å². The van der Waals surface area contributed by atoms with Crippen molar-refractivity contribution in [1.82, 2.24) is 0 Å². The van der Waals surface area contributed by atoms with E-state index >= 15 is 0 Å². The van der Waals surface area contributed by atoms with E-state index in [0.717, 1.165) is 42.9 Å². The van der Waals surface area contributed by atoms with Crippen LogP contribution < -0.4 is 19.5 Å². The quantitative estimate of drug-likeness (QED) is 0.550. The van der Waals surface area contributed by atoms with Crippen LogP contribution in [0.2, 0.25) is 0 Å². The molecule has 2 aromatic carbocycles. The van der Waals surface area contributed by atoms with Gasteiger partial charge in [-0.15, -0.1) is 0 Å². The van der Waals surface area contributed by atoms with Crippen molar-refractivity contribution in [3.63, 3.8) is 0 Å². The summed E-state index contributed by atoms with van der Waals surface area (Å²) < 4.78 is 33.7. The van der Waals surface area contributed by atoms with Gasteiger partial charge in [-0.1, -0.05) is 0 Å². The molecule has 154 valence electrons. The summed E-state index contributed by atoms with van der Waals surface area (Å²) in [6.45, 7) is 1.92. The van der Waals surface area contributed by atoms with Gasteiger partial charge >= 0.3 is 0 Å². The molecule has 2 aromatic rings. The number of hydrogen-bond acceptors (Lipinski definition) is 6. The van der Waals surface area contributed by atoms with E-state index in [2.05, 4.69) is 4.90 Å². The maximum Gasteiger partial charge on any atom is 0.238 e. The summed E-state index contributed by atoms with van der Waals surface area (Å²) in [4.78, 5) is 14.7. The number of rotatable bonds is 7. The molecule has 29 heavy (non-hydrogen) atoms. The number of benzene rings is 2. The molecule has 0 bridgehead atoms. The molecule has 0 radical (unpaired) electrons. The Balaban J connectivity index is 1.88. The van der Waals surface area contributed by atoms with E-state index in [4.69, 9.17) is 14.6 Å². The highest BCUT2D eigenvalue weighted by Gasteiger charge is 2.19. The van der Waals surface area contributed by atoms with Crippen molar-refractivity contribution in [3.05, 3.63) is 53.6 Å². The van der Waals surface area contributed by atoms with Crippen LogP contribution in [0.25, 0.3) is 6.08 Å². The van der Waals surface area contributed by atoms with Gasteiger partial charge in [-0.2, -0.15) is 0 Å². The average Bonchev–Trinajstić information content (AvgIpc) is 3.25. The second-order valence-electron chi connectivity index (χ2n) is 6.73. The van der Waals surface area contributed by atoms with Crippen molar-refractivity contribution >= 4 is 27.6 Å². The number of carbonyl (C=O) groups is 1. The monoisotopic (exact) mass is 416 g/mol. The fraction of sp³-hybridized carbons (Fsp3) is 0.286. The van der Waals surface area contributed by atoms with Gasteiger partial charge in [0.1, 0.15) is 11.5 Å². The molecule has 1 saturated heterocycles. The van der Waals surface area contributed by atoms with Crippen LogP contribution in [0.5, 0.6) is 11.5 Å². The van der Waals surface area contributed by atoms with Gasteiger partial charge in [-0.3, -0.25) is 4.79 Å². The minimum absolute atomic E-state index is 0.0369. The van der Waals surface area contributed by atoms with Gasteiger partial charge in [0.15, 0.2) is 5.78 Å². The summed E-state index contributed by atoms with van der Waals surface area (Å²) in [6.07, 6.45) is 5.39. The summed E-state index contributed by atoms with van der Waals surface area (Å²) in [5, 5.41) is 5.08. The van der Waals surface area contributed by atoms with Crippen molar-refractivity contribution in [3.8, 4) is 11.5 Å². The third-order valence-electron chi connectivity index (χ3n) is 4.86. The zero-order valence-corrected chi connectivity index (χ0v) is 17.2. The number of allylic oxidation sites excluding steroid dienone is 1. The normalized spacial score (nSPS) is 14.4. The maximum atomic E-state index is 12.5. The number of hydrogen-bond donors (Lipinski definition) is 1. The largest absolute Gasteiger partial charge is 0.496 e. The van der Waals surface area contributed by atoms with Crippen molar-refractivity contribution < 1.29 is 22.7 Å². The van der Waals surface area contributed by atoms with Crippen molar-refractivity contribution in [2.24, 2.45) is 5.14 Å². The SMILES string of the molecule is COc1cc(OC)c(N2CCCC2)cc1C=CC(=O)c1ccc(S(N)(=O)=O)cc1. The van der Waals surface area contributed by atoms with Gasteiger partial charge in [0, 0.05) is 30.3 Å². The van der Waals surface area contributed by atoms with Crippen molar-refractivity contribution in [2.75, 3.05) is 32.2 Å². The van der Waals surface area contributed by atoms with Crippen LogP contribution in [0.4, 0.5) is 5.69 Å².